The van der Waals surface area contributed by atoms with Gasteiger partial charge < -0.3 is 4.74 Å². The summed E-state index contributed by atoms with van der Waals surface area (Å²) in [5.74, 6) is 0.00505. The summed E-state index contributed by atoms with van der Waals surface area (Å²) < 4.78 is 6.97. The van der Waals surface area contributed by atoms with Gasteiger partial charge in [0.15, 0.2) is 5.78 Å². The molecule has 0 radical (unpaired) electrons. The van der Waals surface area contributed by atoms with Crippen LogP contribution in [0.2, 0.25) is 0 Å². The van der Waals surface area contributed by atoms with Gasteiger partial charge in [0, 0.05) is 21.1 Å². The van der Waals surface area contributed by atoms with Gasteiger partial charge in [-0.3, -0.25) is 4.79 Å². The molecular formula is C11H12Br2O2. The van der Waals surface area contributed by atoms with E-state index in [0.29, 0.717) is 12.2 Å². The van der Waals surface area contributed by atoms with Crippen molar-refractivity contribution in [2.24, 2.45) is 0 Å². The zero-order valence-corrected chi connectivity index (χ0v) is 11.6. The Labute approximate surface area is 106 Å². The molecule has 1 aromatic carbocycles. The van der Waals surface area contributed by atoms with Crippen LogP contribution in [0.3, 0.4) is 0 Å². The fourth-order valence-corrected chi connectivity index (χ4v) is 2.40. The third kappa shape index (κ3) is 4.45. The van der Waals surface area contributed by atoms with Gasteiger partial charge in [-0.25, -0.2) is 0 Å². The van der Waals surface area contributed by atoms with E-state index in [-0.39, 0.29) is 12.4 Å². The lowest BCUT2D eigenvalue weighted by Gasteiger charge is -2.03. The summed E-state index contributed by atoms with van der Waals surface area (Å²) >= 11 is 6.68. The summed E-state index contributed by atoms with van der Waals surface area (Å²) in [7, 11) is 0. The molecule has 82 valence electrons. The molecule has 0 heterocycles. The van der Waals surface area contributed by atoms with Gasteiger partial charge in [0.1, 0.15) is 6.61 Å². The molecule has 2 nitrogen and oxygen atoms in total. The third-order valence-corrected chi connectivity index (χ3v) is 2.68. The molecule has 4 heteroatoms. The molecule has 0 saturated heterocycles. The zero-order chi connectivity index (χ0) is 11.3. The minimum Gasteiger partial charge on any atom is -0.373 e. The highest BCUT2D eigenvalue weighted by Crippen LogP contribution is 2.20. The van der Waals surface area contributed by atoms with Crippen LogP contribution in [0.15, 0.2) is 27.1 Å². The molecule has 0 fully saturated rings. The van der Waals surface area contributed by atoms with Gasteiger partial charge in [-0.1, -0.05) is 38.8 Å². The second-order valence-electron chi connectivity index (χ2n) is 3.13. The number of carbonyl (C=O) groups excluding carboxylic acids is 1. The molecule has 0 bridgehead atoms. The Morgan fingerprint density at radius 1 is 1.27 bits per heavy atom. The van der Waals surface area contributed by atoms with E-state index in [9.17, 15) is 4.79 Å². The molecule has 0 unspecified atom stereocenters. The third-order valence-electron chi connectivity index (χ3n) is 1.77. The van der Waals surface area contributed by atoms with Crippen LogP contribution in [-0.2, 0) is 4.74 Å². The average molecular weight is 336 g/mol. The molecule has 0 spiro atoms. The predicted molar refractivity (Wildman–Crippen MR) is 67.3 cm³/mol. The molecule has 0 N–H and O–H groups in total. The van der Waals surface area contributed by atoms with Crippen LogP contribution >= 0.6 is 31.9 Å². The van der Waals surface area contributed by atoms with E-state index in [1.54, 1.807) is 12.1 Å². The van der Waals surface area contributed by atoms with Crippen LogP contribution in [0.5, 0.6) is 0 Å². The van der Waals surface area contributed by atoms with Gasteiger partial charge in [0.2, 0.25) is 0 Å². The lowest BCUT2D eigenvalue weighted by Crippen LogP contribution is -2.09. The minimum absolute atomic E-state index is 0.00505. The van der Waals surface area contributed by atoms with E-state index >= 15 is 0 Å². The lowest BCUT2D eigenvalue weighted by molar-refractivity contribution is 0.0761. The number of rotatable bonds is 5. The Hall–Kier alpha value is -0.190. The number of ketones is 1. The first-order chi connectivity index (χ1) is 7.13. The van der Waals surface area contributed by atoms with E-state index in [1.165, 1.54) is 0 Å². The summed E-state index contributed by atoms with van der Waals surface area (Å²) in [6.07, 6.45) is 0.926. The van der Waals surface area contributed by atoms with Crippen molar-refractivity contribution in [3.8, 4) is 0 Å². The van der Waals surface area contributed by atoms with Crippen LogP contribution in [0.1, 0.15) is 23.7 Å². The molecule has 15 heavy (non-hydrogen) atoms. The zero-order valence-electron chi connectivity index (χ0n) is 8.43. The van der Waals surface area contributed by atoms with Gasteiger partial charge in [0.25, 0.3) is 0 Å². The molecule has 0 amide bonds. The summed E-state index contributed by atoms with van der Waals surface area (Å²) in [5.41, 5.74) is 0.660. The summed E-state index contributed by atoms with van der Waals surface area (Å²) in [6, 6.07) is 5.48. The predicted octanol–water partition coefficient (Wildman–Crippen LogP) is 3.82. The van der Waals surface area contributed by atoms with Crippen molar-refractivity contribution in [3.05, 3.63) is 32.7 Å². The van der Waals surface area contributed by atoms with Crippen molar-refractivity contribution >= 4 is 37.6 Å². The highest BCUT2D eigenvalue weighted by Gasteiger charge is 2.07. The van der Waals surface area contributed by atoms with Crippen LogP contribution in [0.4, 0.5) is 0 Å². The fraction of sp³-hybridized carbons (Fsp3) is 0.364. The summed E-state index contributed by atoms with van der Waals surface area (Å²) in [6.45, 7) is 2.79. The van der Waals surface area contributed by atoms with Crippen molar-refractivity contribution in [1.29, 1.82) is 0 Å². The molecule has 0 aliphatic heterocycles. The number of hydrogen-bond acceptors (Lipinski definition) is 2. The first kappa shape index (κ1) is 12.9. The maximum absolute atomic E-state index is 11.7. The number of hydrogen-bond donors (Lipinski definition) is 0. The molecule has 0 aromatic heterocycles. The highest BCUT2D eigenvalue weighted by atomic mass is 79.9. The fourth-order valence-electron chi connectivity index (χ4n) is 1.11. The molecule has 0 aliphatic rings. The smallest absolute Gasteiger partial charge is 0.188 e. The molecule has 1 rings (SSSR count). The number of halogens is 2. The molecule has 0 aliphatic carbocycles. The Morgan fingerprint density at radius 2 is 1.87 bits per heavy atom. The largest absolute Gasteiger partial charge is 0.373 e. The molecule has 0 saturated carbocycles. The highest BCUT2D eigenvalue weighted by molar-refractivity contribution is 9.11. The Kier molecular flexibility index (Phi) is 5.50. The van der Waals surface area contributed by atoms with Crippen LogP contribution in [0, 0.1) is 0 Å². The first-order valence-electron chi connectivity index (χ1n) is 4.70. The SMILES string of the molecule is CCCOCC(=O)c1cc(Br)cc(Br)c1. The second-order valence-corrected chi connectivity index (χ2v) is 4.97. The van der Waals surface area contributed by atoms with Crippen molar-refractivity contribution in [1.82, 2.24) is 0 Å². The summed E-state index contributed by atoms with van der Waals surface area (Å²) in [5, 5.41) is 0. The monoisotopic (exact) mass is 334 g/mol. The minimum atomic E-state index is 0.00505. The van der Waals surface area contributed by atoms with Gasteiger partial charge >= 0.3 is 0 Å². The number of Topliss-reactive ketones (excluding diaryl/α,β-unsaturated/α-hetero) is 1. The maximum Gasteiger partial charge on any atom is 0.188 e. The van der Waals surface area contributed by atoms with Gasteiger partial charge in [0.05, 0.1) is 0 Å². The van der Waals surface area contributed by atoms with Crippen molar-refractivity contribution in [2.45, 2.75) is 13.3 Å². The molecule has 1 aromatic rings. The van der Waals surface area contributed by atoms with E-state index in [0.717, 1.165) is 15.4 Å². The van der Waals surface area contributed by atoms with Gasteiger partial charge in [-0.05, 0) is 24.6 Å². The molecule has 0 atom stereocenters. The standard InChI is InChI=1S/C11H12Br2O2/c1-2-3-15-7-11(14)8-4-9(12)6-10(13)5-8/h4-6H,2-3,7H2,1H3. The number of benzene rings is 1. The van der Waals surface area contributed by atoms with Crippen molar-refractivity contribution in [3.63, 3.8) is 0 Å². The normalized spacial score (nSPS) is 10.3. The summed E-state index contributed by atoms with van der Waals surface area (Å²) in [4.78, 5) is 11.7. The topological polar surface area (TPSA) is 26.3 Å². The first-order valence-corrected chi connectivity index (χ1v) is 6.29. The average Bonchev–Trinajstić information content (AvgIpc) is 2.16. The van der Waals surface area contributed by atoms with E-state index in [1.807, 2.05) is 13.0 Å². The number of ether oxygens (including phenoxy) is 1. The lowest BCUT2D eigenvalue weighted by atomic mass is 10.1. The van der Waals surface area contributed by atoms with Crippen LogP contribution in [-0.4, -0.2) is 19.0 Å². The van der Waals surface area contributed by atoms with Gasteiger partial charge in [-0.2, -0.15) is 0 Å². The molecular weight excluding hydrogens is 324 g/mol. The Bertz CT molecular complexity index is 330. The Balaban J connectivity index is 2.65. The quantitative estimate of drug-likeness (QED) is 0.604. The maximum atomic E-state index is 11.7. The number of carbonyl (C=O) groups is 1. The van der Waals surface area contributed by atoms with E-state index < -0.39 is 0 Å². The van der Waals surface area contributed by atoms with Gasteiger partial charge in [-0.15, -0.1) is 0 Å². The van der Waals surface area contributed by atoms with E-state index in [2.05, 4.69) is 31.9 Å². The van der Waals surface area contributed by atoms with Crippen LogP contribution < -0.4 is 0 Å². The van der Waals surface area contributed by atoms with Crippen molar-refractivity contribution < 1.29 is 9.53 Å². The van der Waals surface area contributed by atoms with E-state index in [4.69, 9.17) is 4.74 Å². The van der Waals surface area contributed by atoms with Crippen molar-refractivity contribution in [2.75, 3.05) is 13.2 Å². The Morgan fingerprint density at radius 3 is 2.40 bits per heavy atom. The van der Waals surface area contributed by atoms with Crippen LogP contribution in [0.25, 0.3) is 0 Å². The second kappa shape index (κ2) is 6.40.